The summed E-state index contributed by atoms with van der Waals surface area (Å²) in [6.07, 6.45) is 0. The third kappa shape index (κ3) is 3.80. The highest BCUT2D eigenvalue weighted by atomic mass is 19.1. The fraction of sp³-hybridized carbons (Fsp3) is 0.120. The van der Waals surface area contributed by atoms with Crippen LogP contribution in [0.25, 0.3) is 5.76 Å². The number of hydrogen-bond donors (Lipinski definition) is 1. The fourth-order valence-electron chi connectivity index (χ4n) is 3.90. The summed E-state index contributed by atoms with van der Waals surface area (Å²) in [5.74, 6) is -3.20. The first-order valence-corrected chi connectivity index (χ1v) is 9.90. The van der Waals surface area contributed by atoms with E-state index in [0.29, 0.717) is 5.56 Å². The monoisotopic (exact) mass is 451 g/mol. The molecule has 33 heavy (non-hydrogen) atoms. The summed E-state index contributed by atoms with van der Waals surface area (Å²) in [6, 6.07) is 13.9. The van der Waals surface area contributed by atoms with E-state index in [9.17, 15) is 23.5 Å². The number of halogens is 2. The molecule has 1 N–H and O–H groups in total. The number of Topliss-reactive ketones (excluding diaryl/α,β-unsaturated/α-hetero) is 1. The summed E-state index contributed by atoms with van der Waals surface area (Å²) in [7, 11) is 2.77. The maximum absolute atomic E-state index is 14.0. The van der Waals surface area contributed by atoms with E-state index in [0.717, 1.165) is 11.0 Å². The molecule has 0 spiro atoms. The number of rotatable bonds is 5. The number of nitrogens with zero attached hydrogens (tertiary/aromatic N) is 1. The van der Waals surface area contributed by atoms with Crippen LogP contribution in [-0.4, -0.2) is 31.0 Å². The molecule has 1 aliphatic rings. The van der Waals surface area contributed by atoms with Crippen molar-refractivity contribution < 1.29 is 33.0 Å². The lowest BCUT2D eigenvalue weighted by Crippen LogP contribution is -2.29. The molecule has 1 aliphatic heterocycles. The van der Waals surface area contributed by atoms with E-state index < -0.39 is 35.1 Å². The van der Waals surface area contributed by atoms with Crippen LogP contribution in [0.3, 0.4) is 0 Å². The zero-order valence-corrected chi connectivity index (χ0v) is 17.7. The van der Waals surface area contributed by atoms with Crippen molar-refractivity contribution in [3.63, 3.8) is 0 Å². The maximum Gasteiger partial charge on any atom is 0.300 e. The SMILES string of the molecule is COc1cccc(OC)c1/C(O)=C1\C(=O)C(=O)N(c2cccc(F)c2)C1c1ccc(F)cc1. The van der Waals surface area contributed by atoms with Gasteiger partial charge in [0.1, 0.15) is 34.5 Å². The quantitative estimate of drug-likeness (QED) is 0.348. The van der Waals surface area contributed by atoms with Crippen LogP contribution in [0, 0.1) is 11.6 Å². The molecule has 1 atom stereocenters. The Labute approximate surface area is 188 Å². The Bertz CT molecular complexity index is 1250. The number of carbonyl (C=O) groups is 2. The molecule has 1 fully saturated rings. The number of aliphatic hydroxyl groups excluding tert-OH is 1. The van der Waals surface area contributed by atoms with Crippen LogP contribution < -0.4 is 14.4 Å². The molecular weight excluding hydrogens is 432 g/mol. The lowest BCUT2D eigenvalue weighted by atomic mass is 9.94. The predicted octanol–water partition coefficient (Wildman–Crippen LogP) is 4.61. The fourth-order valence-corrected chi connectivity index (χ4v) is 3.90. The Hall–Kier alpha value is -4.20. The maximum atomic E-state index is 14.0. The van der Waals surface area contributed by atoms with Gasteiger partial charge in [-0.1, -0.05) is 24.3 Å². The molecule has 1 saturated heterocycles. The Morgan fingerprint density at radius 1 is 0.879 bits per heavy atom. The normalized spacial score (nSPS) is 17.3. The van der Waals surface area contributed by atoms with Crippen LogP contribution in [-0.2, 0) is 9.59 Å². The van der Waals surface area contributed by atoms with Crippen LogP contribution in [0.1, 0.15) is 17.2 Å². The molecule has 4 rings (SSSR count). The second kappa shape index (κ2) is 8.74. The van der Waals surface area contributed by atoms with E-state index in [1.54, 1.807) is 18.2 Å². The first-order valence-electron chi connectivity index (χ1n) is 9.90. The second-order valence-electron chi connectivity index (χ2n) is 7.24. The minimum Gasteiger partial charge on any atom is -0.506 e. The van der Waals surface area contributed by atoms with Gasteiger partial charge in [0.05, 0.1) is 25.8 Å². The Morgan fingerprint density at radius 3 is 2.06 bits per heavy atom. The summed E-state index contributed by atoms with van der Waals surface area (Å²) >= 11 is 0. The summed E-state index contributed by atoms with van der Waals surface area (Å²) in [5, 5.41) is 11.3. The van der Waals surface area contributed by atoms with Gasteiger partial charge in [0, 0.05) is 5.69 Å². The van der Waals surface area contributed by atoms with Crippen LogP contribution in [0.2, 0.25) is 0 Å². The van der Waals surface area contributed by atoms with Crippen molar-refractivity contribution in [2.45, 2.75) is 6.04 Å². The van der Waals surface area contributed by atoms with Crippen molar-refractivity contribution >= 4 is 23.1 Å². The van der Waals surface area contributed by atoms with Crippen LogP contribution >= 0.6 is 0 Å². The third-order valence-electron chi connectivity index (χ3n) is 5.38. The topological polar surface area (TPSA) is 76.1 Å². The molecule has 3 aromatic rings. The highest BCUT2D eigenvalue weighted by Crippen LogP contribution is 2.45. The number of anilines is 1. The Kier molecular flexibility index (Phi) is 5.83. The number of ether oxygens (including phenoxy) is 2. The summed E-state index contributed by atoms with van der Waals surface area (Å²) in [6.45, 7) is 0. The van der Waals surface area contributed by atoms with Gasteiger partial charge in [0.25, 0.3) is 11.7 Å². The summed E-state index contributed by atoms with van der Waals surface area (Å²) < 4.78 is 38.3. The molecule has 1 amide bonds. The smallest absolute Gasteiger partial charge is 0.300 e. The van der Waals surface area contributed by atoms with E-state index in [1.807, 2.05) is 0 Å². The van der Waals surface area contributed by atoms with Gasteiger partial charge in [-0.2, -0.15) is 0 Å². The number of methoxy groups -OCH3 is 2. The standard InChI is InChI=1S/C25H19F2NO5/c1-32-18-7-4-8-19(33-2)20(18)23(29)21-22(14-9-11-15(26)12-10-14)28(25(31)24(21)30)17-6-3-5-16(27)13-17/h3-13,22,29H,1-2H3/b23-21+. The molecule has 6 nitrogen and oxygen atoms in total. The van der Waals surface area contributed by atoms with Crippen molar-refractivity contribution in [3.05, 3.63) is 95.1 Å². The van der Waals surface area contributed by atoms with Gasteiger partial charge in [-0.05, 0) is 48.0 Å². The van der Waals surface area contributed by atoms with Crippen molar-refractivity contribution in [1.29, 1.82) is 0 Å². The summed E-state index contributed by atoms with van der Waals surface area (Å²) in [5.41, 5.74) is 0.262. The average molecular weight is 451 g/mol. The molecule has 3 aromatic carbocycles. The zero-order valence-electron chi connectivity index (χ0n) is 17.7. The Morgan fingerprint density at radius 2 is 1.48 bits per heavy atom. The van der Waals surface area contributed by atoms with Crippen molar-refractivity contribution in [2.24, 2.45) is 0 Å². The first-order chi connectivity index (χ1) is 15.9. The highest BCUT2D eigenvalue weighted by Gasteiger charge is 2.47. The van der Waals surface area contributed by atoms with Crippen molar-refractivity contribution in [3.8, 4) is 11.5 Å². The van der Waals surface area contributed by atoms with E-state index in [1.165, 1.54) is 56.7 Å². The highest BCUT2D eigenvalue weighted by molar-refractivity contribution is 6.51. The Balaban J connectivity index is 2.01. The minimum absolute atomic E-state index is 0.0758. The van der Waals surface area contributed by atoms with Crippen LogP contribution in [0.15, 0.2) is 72.3 Å². The van der Waals surface area contributed by atoms with E-state index in [2.05, 4.69) is 0 Å². The van der Waals surface area contributed by atoms with Gasteiger partial charge < -0.3 is 14.6 Å². The van der Waals surface area contributed by atoms with Gasteiger partial charge in [0.15, 0.2) is 0 Å². The van der Waals surface area contributed by atoms with E-state index in [4.69, 9.17) is 9.47 Å². The molecule has 0 aromatic heterocycles. The molecule has 0 bridgehead atoms. The number of aliphatic hydroxyl groups is 1. The average Bonchev–Trinajstić information content (AvgIpc) is 3.09. The number of hydrogen-bond acceptors (Lipinski definition) is 5. The van der Waals surface area contributed by atoms with E-state index >= 15 is 0 Å². The lowest BCUT2D eigenvalue weighted by Gasteiger charge is -2.25. The number of ketones is 1. The first kappa shape index (κ1) is 22.0. The van der Waals surface area contributed by atoms with Crippen LogP contribution in [0.5, 0.6) is 11.5 Å². The molecule has 168 valence electrons. The summed E-state index contributed by atoms with van der Waals surface area (Å²) in [4.78, 5) is 27.4. The zero-order chi connectivity index (χ0) is 23.7. The minimum atomic E-state index is -1.15. The van der Waals surface area contributed by atoms with E-state index in [-0.39, 0.29) is 28.3 Å². The van der Waals surface area contributed by atoms with Gasteiger partial charge in [0.2, 0.25) is 0 Å². The van der Waals surface area contributed by atoms with Crippen molar-refractivity contribution in [1.82, 2.24) is 0 Å². The lowest BCUT2D eigenvalue weighted by molar-refractivity contribution is -0.132. The number of benzene rings is 3. The number of carbonyl (C=O) groups excluding carboxylic acids is 2. The van der Waals surface area contributed by atoms with Gasteiger partial charge in [-0.15, -0.1) is 0 Å². The molecule has 8 heteroatoms. The van der Waals surface area contributed by atoms with Crippen LogP contribution in [0.4, 0.5) is 14.5 Å². The number of amides is 1. The molecule has 1 unspecified atom stereocenters. The molecule has 0 saturated carbocycles. The van der Waals surface area contributed by atoms with Crippen molar-refractivity contribution in [2.75, 3.05) is 19.1 Å². The third-order valence-corrected chi connectivity index (χ3v) is 5.38. The second-order valence-corrected chi connectivity index (χ2v) is 7.24. The molecule has 0 radical (unpaired) electrons. The molecule has 0 aliphatic carbocycles. The molecular formula is C25H19F2NO5. The predicted molar refractivity (Wildman–Crippen MR) is 117 cm³/mol. The van der Waals surface area contributed by atoms with Gasteiger partial charge >= 0.3 is 0 Å². The van der Waals surface area contributed by atoms with Gasteiger partial charge in [-0.25, -0.2) is 8.78 Å². The largest absolute Gasteiger partial charge is 0.506 e. The molecule has 1 heterocycles. The van der Waals surface area contributed by atoms with Gasteiger partial charge in [-0.3, -0.25) is 14.5 Å².